The number of carbonyl (C=O) groups is 2. The van der Waals surface area contributed by atoms with E-state index in [1.54, 1.807) is 12.1 Å². The number of nitrogens with one attached hydrogen (secondary N) is 1. The Hall–Kier alpha value is -1.82. The molecule has 0 spiro atoms. The quantitative estimate of drug-likeness (QED) is 0.790. The third-order valence-electron chi connectivity index (χ3n) is 3.74. The summed E-state index contributed by atoms with van der Waals surface area (Å²) in [6.07, 6.45) is 3.52. The second kappa shape index (κ2) is 6.56. The highest BCUT2D eigenvalue weighted by molar-refractivity contribution is 5.86. The monoisotopic (exact) mass is 280 g/mol. The smallest absolute Gasteiger partial charge is 0.373 e. The van der Waals surface area contributed by atoms with Crippen LogP contribution in [0.5, 0.6) is 0 Å². The molecule has 0 aliphatic heterocycles. The number of primary amides is 1. The van der Waals surface area contributed by atoms with E-state index in [9.17, 15) is 9.59 Å². The molecule has 6 heteroatoms. The van der Waals surface area contributed by atoms with Crippen LogP contribution in [0.4, 0.5) is 0 Å². The van der Waals surface area contributed by atoms with Crippen LogP contribution >= 0.6 is 0 Å². The first-order valence-corrected chi connectivity index (χ1v) is 6.80. The lowest BCUT2D eigenvalue weighted by atomic mass is 9.85. The van der Waals surface area contributed by atoms with E-state index in [4.69, 9.17) is 10.2 Å². The molecule has 1 aliphatic rings. The molecule has 1 saturated carbocycles. The maximum absolute atomic E-state index is 11.3. The summed E-state index contributed by atoms with van der Waals surface area (Å²) in [6, 6.07) is 3.72. The number of amides is 1. The summed E-state index contributed by atoms with van der Waals surface area (Å²) >= 11 is 0. The molecule has 1 fully saturated rings. The fourth-order valence-corrected chi connectivity index (χ4v) is 2.51. The van der Waals surface area contributed by atoms with Gasteiger partial charge >= 0.3 is 5.97 Å². The van der Waals surface area contributed by atoms with E-state index < -0.39 is 5.97 Å². The van der Waals surface area contributed by atoms with Crippen molar-refractivity contribution in [3.8, 4) is 0 Å². The zero-order valence-corrected chi connectivity index (χ0v) is 11.6. The molecule has 0 aromatic carbocycles. The van der Waals surface area contributed by atoms with Gasteiger partial charge in [0, 0.05) is 12.0 Å². The van der Waals surface area contributed by atoms with Crippen molar-refractivity contribution in [1.29, 1.82) is 0 Å². The maximum Gasteiger partial charge on any atom is 0.373 e. The predicted molar refractivity (Wildman–Crippen MR) is 71.8 cm³/mol. The van der Waals surface area contributed by atoms with Crippen LogP contribution in [0.3, 0.4) is 0 Å². The molecule has 1 amide bonds. The van der Waals surface area contributed by atoms with Crippen LogP contribution in [-0.4, -0.2) is 25.0 Å². The Kier molecular flexibility index (Phi) is 4.79. The molecule has 2 rings (SSSR count). The van der Waals surface area contributed by atoms with Gasteiger partial charge < -0.3 is 20.2 Å². The molecule has 1 aliphatic carbocycles. The van der Waals surface area contributed by atoms with Crippen LogP contribution in [0, 0.1) is 5.92 Å². The van der Waals surface area contributed by atoms with Gasteiger partial charge in [-0.05, 0) is 37.8 Å². The van der Waals surface area contributed by atoms with Crippen LogP contribution < -0.4 is 11.1 Å². The summed E-state index contributed by atoms with van der Waals surface area (Å²) in [5, 5.41) is 3.37. The van der Waals surface area contributed by atoms with Gasteiger partial charge in [0.25, 0.3) is 0 Å². The normalized spacial score (nSPS) is 22.4. The molecule has 1 aromatic rings. The molecule has 0 bridgehead atoms. The Morgan fingerprint density at radius 2 is 2.05 bits per heavy atom. The van der Waals surface area contributed by atoms with E-state index in [-0.39, 0.29) is 17.6 Å². The first-order valence-electron chi connectivity index (χ1n) is 6.80. The van der Waals surface area contributed by atoms with Crippen molar-refractivity contribution in [2.45, 2.75) is 38.3 Å². The predicted octanol–water partition coefficient (Wildman–Crippen LogP) is 1.20. The van der Waals surface area contributed by atoms with Gasteiger partial charge in [0.2, 0.25) is 11.7 Å². The van der Waals surface area contributed by atoms with Crippen molar-refractivity contribution in [3.63, 3.8) is 0 Å². The van der Waals surface area contributed by atoms with Crippen molar-refractivity contribution in [2.75, 3.05) is 7.11 Å². The minimum absolute atomic E-state index is 0.0163. The van der Waals surface area contributed by atoms with Crippen molar-refractivity contribution in [1.82, 2.24) is 5.32 Å². The number of carbonyl (C=O) groups excluding carboxylic acids is 2. The number of methoxy groups -OCH3 is 1. The minimum atomic E-state index is -0.474. The topological polar surface area (TPSA) is 94.6 Å². The average Bonchev–Trinajstić information content (AvgIpc) is 2.93. The van der Waals surface area contributed by atoms with Crippen LogP contribution in [0.2, 0.25) is 0 Å². The summed E-state index contributed by atoms with van der Waals surface area (Å²) in [4.78, 5) is 22.3. The average molecular weight is 280 g/mol. The zero-order chi connectivity index (χ0) is 14.5. The Bertz CT molecular complexity index is 475. The second-order valence-electron chi connectivity index (χ2n) is 5.09. The number of ether oxygens (including phenoxy) is 1. The number of hydrogen-bond donors (Lipinski definition) is 2. The van der Waals surface area contributed by atoms with Crippen LogP contribution in [0.1, 0.15) is 42.0 Å². The highest BCUT2D eigenvalue weighted by Crippen LogP contribution is 2.24. The number of rotatable bonds is 5. The number of hydrogen-bond acceptors (Lipinski definition) is 5. The fraction of sp³-hybridized carbons (Fsp3) is 0.571. The SMILES string of the molecule is COC(=O)c1ccc(CNC2CCC(C(N)=O)CC2)o1. The molecule has 0 unspecified atom stereocenters. The van der Waals surface area contributed by atoms with E-state index in [1.807, 2.05) is 0 Å². The van der Waals surface area contributed by atoms with E-state index in [1.165, 1.54) is 7.11 Å². The van der Waals surface area contributed by atoms with Gasteiger partial charge in [0.05, 0.1) is 13.7 Å². The minimum Gasteiger partial charge on any atom is -0.463 e. The molecule has 20 heavy (non-hydrogen) atoms. The molecular weight excluding hydrogens is 260 g/mol. The van der Waals surface area contributed by atoms with E-state index in [0.717, 1.165) is 25.7 Å². The number of nitrogens with two attached hydrogens (primary N) is 1. The Morgan fingerprint density at radius 3 is 2.65 bits per heavy atom. The molecule has 1 heterocycles. The van der Waals surface area contributed by atoms with E-state index >= 15 is 0 Å². The van der Waals surface area contributed by atoms with Crippen molar-refractivity contribution in [3.05, 3.63) is 23.7 Å². The van der Waals surface area contributed by atoms with E-state index in [0.29, 0.717) is 18.3 Å². The molecule has 6 nitrogen and oxygen atoms in total. The highest BCUT2D eigenvalue weighted by atomic mass is 16.5. The molecule has 110 valence electrons. The third kappa shape index (κ3) is 3.60. The van der Waals surface area contributed by atoms with E-state index in [2.05, 4.69) is 10.1 Å². The third-order valence-corrected chi connectivity index (χ3v) is 3.74. The van der Waals surface area contributed by atoms with Crippen LogP contribution in [0.25, 0.3) is 0 Å². The van der Waals surface area contributed by atoms with Crippen molar-refractivity contribution < 1.29 is 18.7 Å². The van der Waals surface area contributed by atoms with Gasteiger partial charge in [0.15, 0.2) is 0 Å². The first-order chi connectivity index (χ1) is 9.60. The van der Waals surface area contributed by atoms with Gasteiger partial charge in [-0.2, -0.15) is 0 Å². The standard InChI is InChI=1S/C14H20N2O4/c1-19-14(18)12-7-6-11(20-12)8-16-10-4-2-9(3-5-10)13(15)17/h6-7,9-10,16H,2-5,8H2,1H3,(H2,15,17). The van der Waals surface area contributed by atoms with Crippen molar-refractivity contribution in [2.24, 2.45) is 11.7 Å². The summed E-state index contributed by atoms with van der Waals surface area (Å²) in [5.74, 6) is 0.252. The fourth-order valence-electron chi connectivity index (χ4n) is 2.51. The summed E-state index contributed by atoms with van der Waals surface area (Å²) in [5.41, 5.74) is 5.30. The number of furan rings is 1. The summed E-state index contributed by atoms with van der Waals surface area (Å²) in [6.45, 7) is 0.558. The lowest BCUT2D eigenvalue weighted by Gasteiger charge is -2.27. The van der Waals surface area contributed by atoms with Crippen LogP contribution in [-0.2, 0) is 16.1 Å². The van der Waals surface area contributed by atoms with Gasteiger partial charge in [-0.3, -0.25) is 4.79 Å². The molecule has 0 atom stereocenters. The zero-order valence-electron chi connectivity index (χ0n) is 11.6. The van der Waals surface area contributed by atoms with Gasteiger partial charge in [-0.25, -0.2) is 4.79 Å². The maximum atomic E-state index is 11.3. The first kappa shape index (κ1) is 14.6. The Labute approximate surface area is 117 Å². The van der Waals surface area contributed by atoms with Crippen molar-refractivity contribution >= 4 is 11.9 Å². The molecule has 0 radical (unpaired) electrons. The lowest BCUT2D eigenvalue weighted by Crippen LogP contribution is -2.36. The molecule has 3 N–H and O–H groups in total. The molecule has 0 saturated heterocycles. The molecule has 1 aromatic heterocycles. The lowest BCUT2D eigenvalue weighted by molar-refractivity contribution is -0.122. The second-order valence-corrected chi connectivity index (χ2v) is 5.09. The largest absolute Gasteiger partial charge is 0.463 e. The summed E-state index contributed by atoms with van der Waals surface area (Å²) < 4.78 is 9.96. The van der Waals surface area contributed by atoms with Gasteiger partial charge in [-0.15, -0.1) is 0 Å². The summed E-state index contributed by atoms with van der Waals surface area (Å²) in [7, 11) is 1.32. The highest BCUT2D eigenvalue weighted by Gasteiger charge is 2.24. The Morgan fingerprint density at radius 1 is 1.35 bits per heavy atom. The van der Waals surface area contributed by atoms with Gasteiger partial charge in [0.1, 0.15) is 5.76 Å². The van der Waals surface area contributed by atoms with Crippen LogP contribution in [0.15, 0.2) is 16.5 Å². The van der Waals surface area contributed by atoms with Gasteiger partial charge in [-0.1, -0.05) is 0 Å². The number of esters is 1. The Balaban J connectivity index is 1.77. The molecular formula is C14H20N2O4.